The van der Waals surface area contributed by atoms with E-state index in [1.807, 2.05) is 4.90 Å². The zero-order valence-electron chi connectivity index (χ0n) is 12.1. The molecule has 110 valence electrons. The fourth-order valence-electron chi connectivity index (χ4n) is 3.78. The summed E-state index contributed by atoms with van der Waals surface area (Å²) >= 11 is 0. The van der Waals surface area contributed by atoms with Crippen molar-refractivity contribution in [1.82, 2.24) is 4.90 Å². The van der Waals surface area contributed by atoms with Crippen molar-refractivity contribution in [3.8, 4) is 0 Å². The van der Waals surface area contributed by atoms with Gasteiger partial charge in [0.15, 0.2) is 0 Å². The van der Waals surface area contributed by atoms with E-state index in [2.05, 4.69) is 0 Å². The van der Waals surface area contributed by atoms with Crippen molar-refractivity contribution in [2.75, 3.05) is 13.2 Å². The fraction of sp³-hybridized carbons (Fsp3) is 0.938. The molecule has 0 atom stereocenters. The molecule has 1 amide bonds. The largest absolute Gasteiger partial charge is 0.395 e. The second kappa shape index (κ2) is 7.88. The van der Waals surface area contributed by atoms with Gasteiger partial charge in [-0.15, -0.1) is 0 Å². The third kappa shape index (κ3) is 4.48. The minimum atomic E-state index is 0.103. The van der Waals surface area contributed by atoms with Gasteiger partial charge in [-0.25, -0.2) is 0 Å². The summed E-state index contributed by atoms with van der Waals surface area (Å²) in [7, 11) is 0. The molecule has 0 aliphatic heterocycles. The standard InChI is InChI=1S/C16H29NO2/c18-13-12-17(15-8-4-5-9-15)16(19)11-10-14-6-2-1-3-7-14/h14-15,18H,1-13H2. The lowest BCUT2D eigenvalue weighted by atomic mass is 9.86. The Kier molecular flexibility index (Phi) is 6.15. The Morgan fingerprint density at radius 1 is 1.00 bits per heavy atom. The van der Waals surface area contributed by atoms with Crippen LogP contribution in [0.1, 0.15) is 70.6 Å². The van der Waals surface area contributed by atoms with E-state index in [0.717, 1.165) is 25.2 Å². The van der Waals surface area contributed by atoms with Crippen molar-refractivity contribution in [3.63, 3.8) is 0 Å². The van der Waals surface area contributed by atoms with E-state index in [-0.39, 0.29) is 12.5 Å². The molecule has 2 aliphatic carbocycles. The summed E-state index contributed by atoms with van der Waals surface area (Å²) in [6.07, 6.45) is 13.2. The van der Waals surface area contributed by atoms with Gasteiger partial charge in [-0.3, -0.25) is 4.79 Å². The number of carbonyl (C=O) groups excluding carboxylic acids is 1. The van der Waals surface area contributed by atoms with Crippen LogP contribution in [0.25, 0.3) is 0 Å². The second-order valence-electron chi connectivity index (χ2n) is 6.29. The predicted octanol–water partition coefficient (Wildman–Crippen LogP) is 3.11. The van der Waals surface area contributed by atoms with Crippen molar-refractivity contribution in [3.05, 3.63) is 0 Å². The van der Waals surface area contributed by atoms with Crippen molar-refractivity contribution in [2.45, 2.75) is 76.7 Å². The third-order valence-corrected chi connectivity index (χ3v) is 4.92. The number of amides is 1. The van der Waals surface area contributed by atoms with E-state index in [1.54, 1.807) is 0 Å². The third-order valence-electron chi connectivity index (χ3n) is 4.92. The van der Waals surface area contributed by atoms with Gasteiger partial charge in [0.25, 0.3) is 0 Å². The van der Waals surface area contributed by atoms with Crippen molar-refractivity contribution in [2.24, 2.45) is 5.92 Å². The first kappa shape index (κ1) is 14.8. The van der Waals surface area contributed by atoms with Gasteiger partial charge in [-0.2, -0.15) is 0 Å². The van der Waals surface area contributed by atoms with E-state index in [0.29, 0.717) is 19.0 Å². The van der Waals surface area contributed by atoms with Crippen molar-refractivity contribution < 1.29 is 9.90 Å². The molecule has 0 aromatic rings. The zero-order chi connectivity index (χ0) is 13.5. The average molecular weight is 267 g/mol. The maximum absolute atomic E-state index is 12.4. The smallest absolute Gasteiger partial charge is 0.222 e. The topological polar surface area (TPSA) is 40.5 Å². The number of hydrogen-bond donors (Lipinski definition) is 1. The molecule has 0 heterocycles. The molecule has 0 unspecified atom stereocenters. The minimum Gasteiger partial charge on any atom is -0.395 e. The molecule has 3 nitrogen and oxygen atoms in total. The lowest BCUT2D eigenvalue weighted by Crippen LogP contribution is -2.40. The van der Waals surface area contributed by atoms with Crippen LogP contribution < -0.4 is 0 Å². The summed E-state index contributed by atoms with van der Waals surface area (Å²) in [6.45, 7) is 0.639. The summed E-state index contributed by atoms with van der Waals surface area (Å²) in [4.78, 5) is 14.3. The Labute approximate surface area is 117 Å². The highest BCUT2D eigenvalue weighted by Gasteiger charge is 2.26. The Bertz CT molecular complexity index is 268. The van der Waals surface area contributed by atoms with Crippen LogP contribution in [-0.2, 0) is 4.79 Å². The monoisotopic (exact) mass is 267 g/mol. The molecule has 0 spiro atoms. The highest BCUT2D eigenvalue weighted by molar-refractivity contribution is 5.76. The molecule has 0 radical (unpaired) electrons. The number of carbonyl (C=O) groups is 1. The minimum absolute atomic E-state index is 0.103. The second-order valence-corrected chi connectivity index (χ2v) is 6.29. The first-order valence-electron chi connectivity index (χ1n) is 8.21. The molecule has 0 saturated heterocycles. The van der Waals surface area contributed by atoms with Crippen molar-refractivity contribution in [1.29, 1.82) is 0 Å². The van der Waals surface area contributed by atoms with Crippen LogP contribution in [-0.4, -0.2) is 35.1 Å². The van der Waals surface area contributed by atoms with Crippen LogP contribution in [0.2, 0.25) is 0 Å². The first-order chi connectivity index (χ1) is 9.31. The van der Waals surface area contributed by atoms with E-state index in [1.165, 1.54) is 44.9 Å². The number of aliphatic hydroxyl groups excluding tert-OH is 1. The summed E-state index contributed by atoms with van der Waals surface area (Å²) < 4.78 is 0. The predicted molar refractivity (Wildman–Crippen MR) is 76.9 cm³/mol. The molecule has 2 rings (SSSR count). The van der Waals surface area contributed by atoms with Gasteiger partial charge in [0.2, 0.25) is 5.91 Å². The quantitative estimate of drug-likeness (QED) is 0.803. The maximum Gasteiger partial charge on any atom is 0.222 e. The van der Waals surface area contributed by atoms with E-state index in [4.69, 9.17) is 5.11 Å². The van der Waals surface area contributed by atoms with Crippen LogP contribution >= 0.6 is 0 Å². The Balaban J connectivity index is 1.77. The molecule has 2 fully saturated rings. The average Bonchev–Trinajstić information content (AvgIpc) is 2.97. The summed E-state index contributed by atoms with van der Waals surface area (Å²) in [5.74, 6) is 1.06. The molecular weight excluding hydrogens is 238 g/mol. The van der Waals surface area contributed by atoms with Gasteiger partial charge in [-0.05, 0) is 25.2 Å². The highest BCUT2D eigenvalue weighted by Crippen LogP contribution is 2.29. The van der Waals surface area contributed by atoms with Crippen molar-refractivity contribution >= 4 is 5.91 Å². The normalized spacial score (nSPS) is 21.7. The van der Waals surface area contributed by atoms with Crippen LogP contribution in [0.3, 0.4) is 0 Å². The summed E-state index contributed by atoms with van der Waals surface area (Å²) in [6, 6.07) is 0.408. The zero-order valence-corrected chi connectivity index (χ0v) is 12.1. The summed E-state index contributed by atoms with van der Waals surface area (Å²) in [5, 5.41) is 9.17. The first-order valence-corrected chi connectivity index (χ1v) is 8.21. The number of hydrogen-bond acceptors (Lipinski definition) is 2. The fourth-order valence-corrected chi connectivity index (χ4v) is 3.78. The molecule has 2 saturated carbocycles. The lowest BCUT2D eigenvalue weighted by Gasteiger charge is -2.29. The van der Waals surface area contributed by atoms with Crippen LogP contribution in [0, 0.1) is 5.92 Å². The molecule has 3 heteroatoms. The van der Waals surface area contributed by atoms with E-state index >= 15 is 0 Å². The van der Waals surface area contributed by atoms with Crippen LogP contribution in [0.15, 0.2) is 0 Å². The van der Waals surface area contributed by atoms with Crippen LogP contribution in [0.5, 0.6) is 0 Å². The molecule has 2 aliphatic rings. The van der Waals surface area contributed by atoms with E-state index < -0.39 is 0 Å². The van der Waals surface area contributed by atoms with Gasteiger partial charge in [0.05, 0.1) is 6.61 Å². The number of nitrogens with zero attached hydrogens (tertiary/aromatic N) is 1. The Morgan fingerprint density at radius 2 is 1.63 bits per heavy atom. The van der Waals surface area contributed by atoms with Crippen LogP contribution in [0.4, 0.5) is 0 Å². The lowest BCUT2D eigenvalue weighted by molar-refractivity contribution is -0.134. The molecule has 0 bridgehead atoms. The molecular formula is C16H29NO2. The highest BCUT2D eigenvalue weighted by atomic mass is 16.3. The van der Waals surface area contributed by atoms with Gasteiger partial charge in [-0.1, -0.05) is 44.9 Å². The van der Waals surface area contributed by atoms with Gasteiger partial charge >= 0.3 is 0 Å². The van der Waals surface area contributed by atoms with Gasteiger partial charge in [0, 0.05) is 19.0 Å². The van der Waals surface area contributed by atoms with Gasteiger partial charge in [0.1, 0.15) is 0 Å². The number of aliphatic hydroxyl groups is 1. The Hall–Kier alpha value is -0.570. The maximum atomic E-state index is 12.4. The molecule has 0 aromatic heterocycles. The van der Waals surface area contributed by atoms with E-state index in [9.17, 15) is 4.79 Å². The number of rotatable bonds is 6. The van der Waals surface area contributed by atoms with Gasteiger partial charge < -0.3 is 10.0 Å². The summed E-state index contributed by atoms with van der Waals surface area (Å²) in [5.41, 5.74) is 0. The SMILES string of the molecule is O=C(CCC1CCCCC1)N(CCO)C1CCCC1. The molecule has 19 heavy (non-hydrogen) atoms. The Morgan fingerprint density at radius 3 is 2.26 bits per heavy atom. The molecule has 1 N–H and O–H groups in total. The molecule has 0 aromatic carbocycles.